The Bertz CT molecular complexity index is 1090. The van der Waals surface area contributed by atoms with Gasteiger partial charge in [0, 0.05) is 32.9 Å². The van der Waals surface area contributed by atoms with Crippen LogP contribution in [0.3, 0.4) is 0 Å². The highest BCUT2D eigenvalue weighted by Crippen LogP contribution is 2.33. The molecule has 0 N–H and O–H groups in total. The summed E-state index contributed by atoms with van der Waals surface area (Å²) >= 11 is 5.67. The first-order valence-electron chi connectivity index (χ1n) is 10.7. The van der Waals surface area contributed by atoms with E-state index in [-0.39, 0.29) is 17.9 Å². The summed E-state index contributed by atoms with van der Waals surface area (Å²) in [5.41, 5.74) is 1.21. The van der Waals surface area contributed by atoms with Crippen LogP contribution in [0.1, 0.15) is 39.7 Å². The molecule has 3 rings (SSSR count). The van der Waals surface area contributed by atoms with Crippen LogP contribution in [0.4, 0.5) is 10.2 Å². The Morgan fingerprint density at radius 1 is 1.35 bits per heavy atom. The number of rotatable bonds is 5. The molecular weight excluding hydrogens is 457 g/mol. The maximum Gasteiger partial charge on any atom is 0.256 e. The van der Waals surface area contributed by atoms with Crippen molar-refractivity contribution >= 4 is 23.3 Å². The van der Waals surface area contributed by atoms with E-state index in [4.69, 9.17) is 21.6 Å². The van der Waals surface area contributed by atoms with E-state index in [2.05, 4.69) is 45.6 Å². The molecule has 0 aliphatic carbocycles. The van der Waals surface area contributed by atoms with Crippen LogP contribution in [0.5, 0.6) is 5.88 Å². The number of aromatic nitrogens is 3. The molecule has 10 heteroatoms. The maximum absolute atomic E-state index is 14.3. The fourth-order valence-electron chi connectivity index (χ4n) is 3.18. The van der Waals surface area contributed by atoms with Gasteiger partial charge in [-0.15, -0.1) is 5.92 Å². The molecule has 0 amide bonds. The first-order valence-corrected chi connectivity index (χ1v) is 11.1. The molecule has 34 heavy (non-hydrogen) atoms. The number of halogens is 2. The van der Waals surface area contributed by atoms with Crippen LogP contribution in [0.15, 0.2) is 29.6 Å². The van der Waals surface area contributed by atoms with E-state index in [1.807, 2.05) is 22.9 Å². The van der Waals surface area contributed by atoms with Gasteiger partial charge in [0.1, 0.15) is 17.3 Å². The highest BCUT2D eigenvalue weighted by molar-refractivity contribution is 6.29. The summed E-state index contributed by atoms with van der Waals surface area (Å²) in [6, 6.07) is 3.63. The van der Waals surface area contributed by atoms with Crippen LogP contribution in [0.25, 0.3) is 0 Å². The van der Waals surface area contributed by atoms with Gasteiger partial charge in [0.15, 0.2) is 12.4 Å². The van der Waals surface area contributed by atoms with Crippen molar-refractivity contribution in [1.82, 2.24) is 19.9 Å². The number of pyridine rings is 1. The fraction of sp³-hybridized carbons (Fsp3) is 0.458. The standard InChI is InChI=1S/C14H18FN3O.C10H11ClN4/c1-4-5-8-19-13-11(15)12(16-10-17-13)18-7-6-14(2,3)9-18;1-8(14-7-12)15(2)6-9-3-4-10(11)13-5-9/h10H,6-9H2,1-3H3;3-5H,6H2,1-2H3. The average Bonchev–Trinajstić information content (AvgIpc) is 3.16. The molecule has 1 aliphatic rings. The van der Waals surface area contributed by atoms with Gasteiger partial charge >= 0.3 is 0 Å². The summed E-state index contributed by atoms with van der Waals surface area (Å²) in [4.78, 5) is 19.3. The SMILES string of the molecule is CC#CCOc1ncnc(N2CCC(C)(C)C2)c1F.CC(=NC#N)N(C)Cc1ccc(Cl)nc1. The number of anilines is 1. The van der Waals surface area contributed by atoms with E-state index in [9.17, 15) is 4.39 Å². The lowest BCUT2D eigenvalue weighted by Crippen LogP contribution is -2.25. The lowest BCUT2D eigenvalue weighted by molar-refractivity contribution is 0.331. The largest absolute Gasteiger partial charge is 0.462 e. The highest BCUT2D eigenvalue weighted by Gasteiger charge is 2.32. The summed E-state index contributed by atoms with van der Waals surface area (Å²) in [6.07, 6.45) is 5.81. The summed E-state index contributed by atoms with van der Waals surface area (Å²) in [6.45, 7) is 10.2. The third kappa shape index (κ3) is 8.17. The lowest BCUT2D eigenvalue weighted by atomic mass is 9.93. The Morgan fingerprint density at radius 3 is 2.71 bits per heavy atom. The minimum absolute atomic E-state index is 0.0301. The van der Waals surface area contributed by atoms with Crippen LogP contribution >= 0.6 is 11.6 Å². The van der Waals surface area contributed by atoms with Gasteiger partial charge in [-0.1, -0.05) is 37.4 Å². The number of hydrogen-bond donors (Lipinski definition) is 0. The van der Waals surface area contributed by atoms with Crippen molar-refractivity contribution in [2.24, 2.45) is 10.4 Å². The van der Waals surface area contributed by atoms with Crippen molar-refractivity contribution < 1.29 is 9.13 Å². The van der Waals surface area contributed by atoms with Crippen LogP contribution in [0.2, 0.25) is 5.15 Å². The molecule has 180 valence electrons. The Morgan fingerprint density at radius 2 is 2.12 bits per heavy atom. The van der Waals surface area contributed by atoms with E-state index in [0.29, 0.717) is 23.4 Å². The van der Waals surface area contributed by atoms with Gasteiger partial charge < -0.3 is 14.5 Å². The van der Waals surface area contributed by atoms with Crippen molar-refractivity contribution in [3.05, 3.63) is 41.2 Å². The molecule has 0 aromatic carbocycles. The van der Waals surface area contributed by atoms with Crippen LogP contribution in [-0.4, -0.2) is 52.4 Å². The molecule has 1 aliphatic heterocycles. The van der Waals surface area contributed by atoms with Crippen molar-refractivity contribution in [1.29, 1.82) is 5.26 Å². The smallest absolute Gasteiger partial charge is 0.256 e. The Kier molecular flexibility index (Phi) is 10.0. The van der Waals surface area contributed by atoms with Crippen molar-refractivity contribution in [3.8, 4) is 23.9 Å². The molecular formula is C24H29ClFN7O. The van der Waals surface area contributed by atoms with Gasteiger partial charge in [-0.05, 0) is 37.3 Å². The zero-order chi connectivity index (χ0) is 25.1. The molecule has 0 bridgehead atoms. The molecule has 1 saturated heterocycles. The monoisotopic (exact) mass is 485 g/mol. The molecule has 3 heterocycles. The second-order valence-corrected chi connectivity index (χ2v) is 8.86. The number of aliphatic imine (C=N–C) groups is 1. The maximum atomic E-state index is 14.3. The number of nitrogens with zero attached hydrogens (tertiary/aromatic N) is 7. The zero-order valence-corrected chi connectivity index (χ0v) is 20.9. The predicted molar refractivity (Wildman–Crippen MR) is 131 cm³/mol. The molecule has 0 saturated carbocycles. The summed E-state index contributed by atoms with van der Waals surface area (Å²) in [7, 11) is 1.87. The van der Waals surface area contributed by atoms with Gasteiger partial charge in [0.25, 0.3) is 5.88 Å². The van der Waals surface area contributed by atoms with Crippen LogP contribution in [-0.2, 0) is 6.54 Å². The van der Waals surface area contributed by atoms with E-state index < -0.39 is 5.82 Å². The number of nitriles is 1. The Labute approximate surface area is 205 Å². The summed E-state index contributed by atoms with van der Waals surface area (Å²) in [5.74, 6) is 5.86. The first-order chi connectivity index (χ1) is 16.2. The summed E-state index contributed by atoms with van der Waals surface area (Å²) < 4.78 is 19.5. The minimum atomic E-state index is -0.502. The molecule has 8 nitrogen and oxygen atoms in total. The van der Waals surface area contributed by atoms with E-state index in [1.54, 1.807) is 32.3 Å². The first kappa shape index (κ1) is 26.8. The number of amidine groups is 1. The van der Waals surface area contributed by atoms with Gasteiger partial charge in [-0.3, -0.25) is 0 Å². The summed E-state index contributed by atoms with van der Waals surface area (Å²) in [5, 5.41) is 8.87. The minimum Gasteiger partial charge on any atom is -0.462 e. The van der Waals surface area contributed by atoms with Crippen molar-refractivity contribution in [3.63, 3.8) is 0 Å². The molecule has 2 aromatic heterocycles. The topological polar surface area (TPSA) is 90.5 Å². The molecule has 0 spiro atoms. The molecule has 1 fully saturated rings. The van der Waals surface area contributed by atoms with Crippen molar-refractivity contribution in [2.45, 2.75) is 40.7 Å². The Hall–Kier alpha value is -3.43. The third-order valence-electron chi connectivity index (χ3n) is 5.15. The van der Waals surface area contributed by atoms with Gasteiger partial charge in [-0.25, -0.2) is 9.97 Å². The molecule has 2 aromatic rings. The number of hydrogen-bond acceptors (Lipinski definition) is 7. The fourth-order valence-corrected chi connectivity index (χ4v) is 3.29. The van der Waals surface area contributed by atoms with E-state index in [1.165, 1.54) is 6.33 Å². The third-order valence-corrected chi connectivity index (χ3v) is 5.37. The highest BCUT2D eigenvalue weighted by atomic mass is 35.5. The molecule has 0 atom stereocenters. The van der Waals surface area contributed by atoms with Crippen LogP contribution < -0.4 is 9.64 Å². The quantitative estimate of drug-likeness (QED) is 0.205. The van der Waals surface area contributed by atoms with Gasteiger partial charge in [0.2, 0.25) is 12.0 Å². The van der Waals surface area contributed by atoms with E-state index >= 15 is 0 Å². The lowest BCUT2D eigenvalue weighted by Gasteiger charge is -2.21. The average molecular weight is 486 g/mol. The normalized spacial score (nSPS) is 14.3. The van der Waals surface area contributed by atoms with Crippen LogP contribution in [0, 0.1) is 34.5 Å². The molecule has 0 radical (unpaired) electrons. The second kappa shape index (κ2) is 12.7. The van der Waals surface area contributed by atoms with E-state index in [0.717, 1.165) is 25.1 Å². The van der Waals surface area contributed by atoms with Gasteiger partial charge in [-0.2, -0.15) is 19.6 Å². The second-order valence-electron chi connectivity index (χ2n) is 8.47. The van der Waals surface area contributed by atoms with Gasteiger partial charge in [0.05, 0.1) is 0 Å². The zero-order valence-electron chi connectivity index (χ0n) is 20.1. The Balaban J connectivity index is 0.000000248. The van der Waals surface area contributed by atoms with Crippen molar-refractivity contribution in [2.75, 3.05) is 31.6 Å². The molecule has 0 unspecified atom stereocenters. The predicted octanol–water partition coefficient (Wildman–Crippen LogP) is 4.32. The number of ether oxygens (including phenoxy) is 1.